The van der Waals surface area contributed by atoms with Gasteiger partial charge in [-0.25, -0.2) is 4.39 Å². The number of hydrogen-bond acceptors (Lipinski definition) is 1. The van der Waals surface area contributed by atoms with Gasteiger partial charge >= 0.3 is 0 Å². The molecule has 0 aliphatic rings. The van der Waals surface area contributed by atoms with E-state index >= 15 is 0 Å². The number of carbonyl (C=O) groups is 1. The number of aromatic nitrogens is 1. The number of halogens is 1. The minimum absolute atomic E-state index is 0.0661. The van der Waals surface area contributed by atoms with Gasteiger partial charge in [-0.1, -0.05) is 19.1 Å². The number of rotatable bonds is 5. The lowest BCUT2D eigenvalue weighted by atomic mass is 10.2. The van der Waals surface area contributed by atoms with Gasteiger partial charge in [-0.2, -0.15) is 4.57 Å². The van der Waals surface area contributed by atoms with Crippen LogP contribution in [0.4, 0.5) is 4.39 Å². The van der Waals surface area contributed by atoms with Gasteiger partial charge in [0.1, 0.15) is 5.82 Å². The summed E-state index contributed by atoms with van der Waals surface area (Å²) in [6, 6.07) is 10.1. The highest BCUT2D eigenvalue weighted by Gasteiger charge is 2.08. The third kappa shape index (κ3) is 4.16. The van der Waals surface area contributed by atoms with E-state index in [0.717, 1.165) is 12.0 Å². The molecule has 0 spiro atoms. The summed E-state index contributed by atoms with van der Waals surface area (Å²) in [6.45, 7) is 2.78. The van der Waals surface area contributed by atoms with Crippen LogP contribution in [0.5, 0.6) is 0 Å². The van der Waals surface area contributed by atoms with Crippen molar-refractivity contribution in [3.63, 3.8) is 0 Å². The molecule has 0 radical (unpaired) electrons. The van der Waals surface area contributed by atoms with Gasteiger partial charge in [-0.15, -0.1) is 0 Å². The van der Waals surface area contributed by atoms with Crippen LogP contribution < -0.4 is 9.88 Å². The molecular formula is C16H18FN2O+. The van der Waals surface area contributed by atoms with E-state index in [0.29, 0.717) is 6.54 Å². The predicted octanol–water partition coefficient (Wildman–Crippen LogP) is 1.99. The van der Waals surface area contributed by atoms with E-state index in [4.69, 9.17) is 0 Å². The second kappa shape index (κ2) is 6.80. The molecule has 0 atom stereocenters. The highest BCUT2D eigenvalue weighted by molar-refractivity contribution is 5.74. The lowest BCUT2D eigenvalue weighted by molar-refractivity contribution is -0.684. The molecule has 1 aromatic heterocycles. The second-order valence-electron chi connectivity index (χ2n) is 4.64. The molecule has 2 aromatic rings. The Morgan fingerprint density at radius 1 is 1.10 bits per heavy atom. The Morgan fingerprint density at radius 2 is 1.75 bits per heavy atom. The Kier molecular flexibility index (Phi) is 4.82. The van der Waals surface area contributed by atoms with Crippen molar-refractivity contribution in [2.45, 2.75) is 26.4 Å². The number of benzene rings is 1. The fourth-order valence-electron chi connectivity index (χ4n) is 1.85. The van der Waals surface area contributed by atoms with Crippen molar-refractivity contribution in [1.29, 1.82) is 0 Å². The number of pyridine rings is 1. The van der Waals surface area contributed by atoms with Crippen LogP contribution in [-0.4, -0.2) is 5.91 Å². The van der Waals surface area contributed by atoms with Crippen LogP contribution in [0.2, 0.25) is 0 Å². The van der Waals surface area contributed by atoms with Crippen molar-refractivity contribution >= 4 is 5.91 Å². The highest BCUT2D eigenvalue weighted by atomic mass is 19.1. The lowest BCUT2D eigenvalue weighted by Crippen LogP contribution is -2.42. The molecule has 1 amide bonds. The van der Waals surface area contributed by atoms with Crippen molar-refractivity contribution in [2.75, 3.05) is 0 Å². The maximum atomic E-state index is 12.7. The molecule has 20 heavy (non-hydrogen) atoms. The monoisotopic (exact) mass is 273 g/mol. The standard InChI is InChI=1S/C16H17FN2O/c1-2-13-7-9-19(10-8-13)12-16(20)18-11-14-3-5-15(17)6-4-14/h3-10H,2,11-12H2,1H3/p+1. The van der Waals surface area contributed by atoms with Crippen molar-refractivity contribution in [1.82, 2.24) is 5.32 Å². The topological polar surface area (TPSA) is 33.0 Å². The summed E-state index contributed by atoms with van der Waals surface area (Å²) < 4.78 is 14.6. The van der Waals surface area contributed by atoms with Crippen LogP contribution >= 0.6 is 0 Å². The molecule has 0 unspecified atom stereocenters. The van der Waals surface area contributed by atoms with Gasteiger partial charge in [0.2, 0.25) is 6.54 Å². The molecule has 0 bridgehead atoms. The largest absolute Gasteiger partial charge is 0.347 e. The Morgan fingerprint density at radius 3 is 2.35 bits per heavy atom. The Balaban J connectivity index is 1.84. The number of nitrogens with one attached hydrogen (secondary N) is 1. The van der Waals surface area contributed by atoms with E-state index in [-0.39, 0.29) is 18.3 Å². The summed E-state index contributed by atoms with van der Waals surface area (Å²) in [5.41, 5.74) is 2.12. The van der Waals surface area contributed by atoms with Crippen molar-refractivity contribution < 1.29 is 13.8 Å². The van der Waals surface area contributed by atoms with E-state index in [2.05, 4.69) is 12.2 Å². The molecule has 0 fully saturated rings. The minimum atomic E-state index is -0.272. The lowest BCUT2D eigenvalue weighted by Gasteiger charge is -2.03. The molecule has 0 aliphatic heterocycles. The Hall–Kier alpha value is -2.23. The highest BCUT2D eigenvalue weighted by Crippen LogP contribution is 2.01. The second-order valence-corrected chi connectivity index (χ2v) is 4.64. The van der Waals surface area contributed by atoms with Crippen LogP contribution in [0.1, 0.15) is 18.1 Å². The molecule has 0 saturated heterocycles. The van der Waals surface area contributed by atoms with Gasteiger partial charge in [-0.3, -0.25) is 4.79 Å². The smallest absolute Gasteiger partial charge is 0.286 e. The van der Waals surface area contributed by atoms with E-state index in [1.807, 2.05) is 29.1 Å². The summed E-state index contributed by atoms with van der Waals surface area (Å²) in [5, 5.41) is 2.81. The molecule has 1 N–H and O–H groups in total. The van der Waals surface area contributed by atoms with E-state index in [1.54, 1.807) is 12.1 Å². The van der Waals surface area contributed by atoms with Gasteiger partial charge in [0, 0.05) is 18.7 Å². The minimum Gasteiger partial charge on any atom is -0.347 e. The molecule has 0 aliphatic carbocycles. The maximum absolute atomic E-state index is 12.7. The third-order valence-electron chi connectivity index (χ3n) is 3.10. The predicted molar refractivity (Wildman–Crippen MR) is 74.3 cm³/mol. The van der Waals surface area contributed by atoms with Gasteiger partial charge in [0.15, 0.2) is 12.4 Å². The number of carbonyl (C=O) groups excluding carboxylic acids is 1. The zero-order valence-electron chi connectivity index (χ0n) is 11.5. The molecule has 4 heteroatoms. The summed E-state index contributed by atoms with van der Waals surface area (Å²) in [6.07, 6.45) is 4.78. The first-order valence-corrected chi connectivity index (χ1v) is 6.66. The molecule has 0 saturated carbocycles. The van der Waals surface area contributed by atoms with Gasteiger partial charge in [-0.05, 0) is 29.7 Å². The summed E-state index contributed by atoms with van der Waals surface area (Å²) in [7, 11) is 0. The van der Waals surface area contributed by atoms with E-state index in [9.17, 15) is 9.18 Å². The van der Waals surface area contributed by atoms with Crippen LogP contribution in [0.15, 0.2) is 48.8 Å². The van der Waals surface area contributed by atoms with Crippen molar-refractivity contribution in [3.05, 3.63) is 65.7 Å². The molecule has 3 nitrogen and oxygen atoms in total. The third-order valence-corrected chi connectivity index (χ3v) is 3.10. The van der Waals surface area contributed by atoms with Crippen molar-refractivity contribution in [2.24, 2.45) is 0 Å². The summed E-state index contributed by atoms with van der Waals surface area (Å²) in [4.78, 5) is 11.8. The number of nitrogens with zero attached hydrogens (tertiary/aromatic N) is 1. The normalized spacial score (nSPS) is 10.3. The molecule has 104 valence electrons. The number of amides is 1. The summed E-state index contributed by atoms with van der Waals surface area (Å²) >= 11 is 0. The van der Waals surface area contributed by atoms with Gasteiger partial charge in [0.05, 0.1) is 0 Å². The van der Waals surface area contributed by atoms with Crippen LogP contribution in [0.25, 0.3) is 0 Å². The van der Waals surface area contributed by atoms with Crippen LogP contribution in [-0.2, 0) is 24.3 Å². The Bertz CT molecular complexity index is 564. The first-order chi connectivity index (χ1) is 9.67. The van der Waals surface area contributed by atoms with Gasteiger partial charge < -0.3 is 5.32 Å². The molecule has 2 rings (SSSR count). The van der Waals surface area contributed by atoms with Gasteiger partial charge in [0.25, 0.3) is 5.91 Å². The molecule has 1 aromatic carbocycles. The van der Waals surface area contributed by atoms with Crippen LogP contribution in [0.3, 0.4) is 0 Å². The average molecular weight is 273 g/mol. The summed E-state index contributed by atoms with van der Waals surface area (Å²) in [5.74, 6) is -0.338. The number of aryl methyl sites for hydroxylation is 1. The fourth-order valence-corrected chi connectivity index (χ4v) is 1.85. The first kappa shape index (κ1) is 14.2. The molecular weight excluding hydrogens is 255 g/mol. The zero-order chi connectivity index (χ0) is 14.4. The van der Waals surface area contributed by atoms with Crippen molar-refractivity contribution in [3.8, 4) is 0 Å². The maximum Gasteiger partial charge on any atom is 0.286 e. The zero-order valence-corrected chi connectivity index (χ0v) is 11.5. The van der Waals surface area contributed by atoms with E-state index < -0.39 is 0 Å². The van der Waals surface area contributed by atoms with E-state index in [1.165, 1.54) is 17.7 Å². The molecule has 1 heterocycles. The van der Waals surface area contributed by atoms with Crippen LogP contribution in [0, 0.1) is 5.82 Å². The quantitative estimate of drug-likeness (QED) is 0.830. The Labute approximate surface area is 118 Å². The SMILES string of the molecule is CCc1cc[n+](CC(=O)NCc2ccc(F)cc2)cc1. The average Bonchev–Trinajstić information content (AvgIpc) is 2.47. The first-order valence-electron chi connectivity index (χ1n) is 6.66. The number of hydrogen-bond donors (Lipinski definition) is 1. The fraction of sp³-hybridized carbons (Fsp3) is 0.250.